The predicted octanol–water partition coefficient (Wildman–Crippen LogP) is 1.13. The molecule has 0 saturated carbocycles. The number of carboxylic acids is 1. The number of carbonyl (C=O) groups excluding carboxylic acids is 2. The van der Waals surface area contributed by atoms with E-state index in [-0.39, 0.29) is 24.2 Å². The average molecular weight is 407 g/mol. The molecule has 0 heterocycles. The zero-order valence-electron chi connectivity index (χ0n) is 11.1. The Morgan fingerprint density at radius 2 is 2.05 bits per heavy atom. The molecule has 1 aromatic carbocycles. The number of amides is 1. The van der Waals surface area contributed by atoms with Crippen molar-refractivity contribution >= 4 is 40.4 Å². The number of hydrogen-bond acceptors (Lipinski definition) is 5. The van der Waals surface area contributed by atoms with Gasteiger partial charge in [-0.15, -0.1) is 0 Å². The third-order valence-electron chi connectivity index (χ3n) is 2.67. The third-order valence-corrected chi connectivity index (χ3v) is 3.34. The van der Waals surface area contributed by atoms with Crippen LogP contribution < -0.4 is 5.32 Å². The smallest absolute Gasteiger partial charge is 0.326 e. The number of aromatic hydroxyl groups is 1. The van der Waals surface area contributed by atoms with Gasteiger partial charge in [0.2, 0.25) is 0 Å². The number of phenols is 1. The van der Waals surface area contributed by atoms with Crippen molar-refractivity contribution in [2.24, 2.45) is 0 Å². The molecule has 0 saturated heterocycles. The van der Waals surface area contributed by atoms with Crippen molar-refractivity contribution in [1.82, 2.24) is 5.32 Å². The summed E-state index contributed by atoms with van der Waals surface area (Å²) in [5.74, 6) is -2.79. The third kappa shape index (κ3) is 5.21. The van der Waals surface area contributed by atoms with E-state index in [2.05, 4.69) is 10.1 Å². The van der Waals surface area contributed by atoms with Crippen LogP contribution in [-0.4, -0.2) is 41.2 Å². The van der Waals surface area contributed by atoms with Crippen LogP contribution in [0.1, 0.15) is 23.2 Å². The molecule has 0 aliphatic rings. The fraction of sp³-hybridized carbons (Fsp3) is 0.308. The first-order chi connectivity index (χ1) is 9.85. The lowest BCUT2D eigenvalue weighted by atomic mass is 10.1. The molecule has 1 unspecified atom stereocenters. The standard InChI is InChI=1S/C13H14INO6/c1-21-11(17)5-3-9(13(19)20)15-12(18)8-6-7(14)2-4-10(8)16/h2,4,6,9,16H,3,5H2,1H3,(H,15,18)(H,19,20). The summed E-state index contributed by atoms with van der Waals surface area (Å²) in [6.45, 7) is 0. The van der Waals surface area contributed by atoms with E-state index in [4.69, 9.17) is 5.11 Å². The Morgan fingerprint density at radius 3 is 2.62 bits per heavy atom. The molecular weight excluding hydrogens is 393 g/mol. The van der Waals surface area contributed by atoms with Gasteiger partial charge < -0.3 is 20.3 Å². The van der Waals surface area contributed by atoms with Gasteiger partial charge in [0.1, 0.15) is 11.8 Å². The monoisotopic (exact) mass is 407 g/mol. The number of phenolic OH excluding ortho intramolecular Hbond substituents is 1. The van der Waals surface area contributed by atoms with Crippen molar-refractivity contribution in [1.29, 1.82) is 0 Å². The molecular formula is C13H14INO6. The van der Waals surface area contributed by atoms with Crippen molar-refractivity contribution in [3.63, 3.8) is 0 Å². The van der Waals surface area contributed by atoms with Crippen molar-refractivity contribution in [3.05, 3.63) is 27.3 Å². The highest BCUT2D eigenvalue weighted by Crippen LogP contribution is 2.19. The van der Waals surface area contributed by atoms with Crippen molar-refractivity contribution in [2.75, 3.05) is 7.11 Å². The lowest BCUT2D eigenvalue weighted by molar-refractivity contribution is -0.142. The molecule has 0 radical (unpaired) electrons. The van der Waals surface area contributed by atoms with E-state index in [1.165, 1.54) is 19.2 Å². The number of methoxy groups -OCH3 is 1. The highest BCUT2D eigenvalue weighted by Gasteiger charge is 2.23. The largest absolute Gasteiger partial charge is 0.507 e. The lowest BCUT2D eigenvalue weighted by Crippen LogP contribution is -2.41. The maximum Gasteiger partial charge on any atom is 0.326 e. The molecule has 1 rings (SSSR count). The first-order valence-electron chi connectivity index (χ1n) is 5.94. The number of rotatable bonds is 6. The molecule has 0 fully saturated rings. The van der Waals surface area contributed by atoms with Crippen molar-refractivity contribution < 1.29 is 29.3 Å². The number of ether oxygens (including phenoxy) is 1. The predicted molar refractivity (Wildman–Crippen MR) is 81.0 cm³/mol. The second-order valence-corrected chi connectivity index (χ2v) is 5.39. The van der Waals surface area contributed by atoms with E-state index < -0.39 is 23.9 Å². The van der Waals surface area contributed by atoms with E-state index in [1.807, 2.05) is 22.6 Å². The average Bonchev–Trinajstić information content (AvgIpc) is 2.44. The second-order valence-electron chi connectivity index (χ2n) is 4.14. The van der Waals surface area contributed by atoms with Crippen LogP contribution >= 0.6 is 22.6 Å². The highest BCUT2D eigenvalue weighted by molar-refractivity contribution is 14.1. The SMILES string of the molecule is COC(=O)CCC(NC(=O)c1cc(I)ccc1O)C(=O)O. The van der Waals surface area contributed by atoms with Crippen molar-refractivity contribution in [3.8, 4) is 5.75 Å². The molecule has 1 atom stereocenters. The Hall–Kier alpha value is -1.84. The topological polar surface area (TPSA) is 113 Å². The molecule has 7 nitrogen and oxygen atoms in total. The quantitative estimate of drug-likeness (QED) is 0.482. The summed E-state index contributed by atoms with van der Waals surface area (Å²) < 4.78 is 5.14. The van der Waals surface area contributed by atoms with Gasteiger partial charge in [-0.3, -0.25) is 9.59 Å². The summed E-state index contributed by atoms with van der Waals surface area (Å²) in [5.41, 5.74) is -0.0220. The molecule has 3 N–H and O–H groups in total. The molecule has 8 heteroatoms. The Kier molecular flexibility index (Phi) is 6.40. The minimum atomic E-state index is -1.27. The Morgan fingerprint density at radius 1 is 1.38 bits per heavy atom. The number of halogens is 1. The van der Waals surface area contributed by atoms with Crippen LogP contribution in [0.5, 0.6) is 5.75 Å². The van der Waals surface area contributed by atoms with Crippen LogP contribution in [0, 0.1) is 3.57 Å². The fourth-order valence-corrected chi connectivity index (χ4v) is 2.04. The Labute approximate surface area is 134 Å². The number of nitrogens with one attached hydrogen (secondary N) is 1. The molecule has 1 aromatic rings. The molecule has 0 aliphatic heterocycles. The van der Waals surface area contributed by atoms with Crippen LogP contribution in [0.3, 0.4) is 0 Å². The highest BCUT2D eigenvalue weighted by atomic mass is 127. The molecule has 114 valence electrons. The number of esters is 1. The van der Waals surface area contributed by atoms with E-state index in [0.717, 1.165) is 3.57 Å². The number of aliphatic carboxylic acids is 1. The first-order valence-corrected chi connectivity index (χ1v) is 7.02. The summed E-state index contributed by atoms with van der Waals surface area (Å²) in [4.78, 5) is 34.1. The van der Waals surface area contributed by atoms with Gasteiger partial charge in [-0.1, -0.05) is 0 Å². The van der Waals surface area contributed by atoms with E-state index in [0.29, 0.717) is 0 Å². The molecule has 0 bridgehead atoms. The molecule has 0 spiro atoms. The Balaban J connectivity index is 2.79. The lowest BCUT2D eigenvalue weighted by Gasteiger charge is -2.14. The van der Waals surface area contributed by atoms with Crippen LogP contribution in [-0.2, 0) is 14.3 Å². The van der Waals surface area contributed by atoms with Gasteiger partial charge in [-0.25, -0.2) is 4.79 Å². The van der Waals surface area contributed by atoms with Crippen LogP contribution in [0.4, 0.5) is 0 Å². The van der Waals surface area contributed by atoms with Crippen LogP contribution in [0.25, 0.3) is 0 Å². The Bertz CT molecular complexity index is 560. The van der Waals surface area contributed by atoms with E-state index >= 15 is 0 Å². The molecule has 0 aromatic heterocycles. The first kappa shape index (κ1) is 17.2. The minimum absolute atomic E-state index is 0.0220. The maximum absolute atomic E-state index is 12.0. The zero-order chi connectivity index (χ0) is 16.0. The fourth-order valence-electron chi connectivity index (χ4n) is 1.55. The van der Waals surface area contributed by atoms with Gasteiger partial charge in [0.25, 0.3) is 5.91 Å². The van der Waals surface area contributed by atoms with Gasteiger partial charge in [0.05, 0.1) is 12.7 Å². The number of carbonyl (C=O) groups is 3. The number of carboxylic acid groups (broad SMARTS) is 1. The summed E-state index contributed by atoms with van der Waals surface area (Å²) >= 11 is 1.96. The summed E-state index contributed by atoms with van der Waals surface area (Å²) in [5, 5.41) is 20.9. The van der Waals surface area contributed by atoms with Gasteiger partial charge >= 0.3 is 11.9 Å². The van der Waals surface area contributed by atoms with Crippen LogP contribution in [0.2, 0.25) is 0 Å². The summed E-state index contributed by atoms with van der Waals surface area (Å²) in [7, 11) is 1.20. The van der Waals surface area contributed by atoms with Gasteiger partial charge in [-0.2, -0.15) is 0 Å². The van der Waals surface area contributed by atoms with Gasteiger partial charge in [0.15, 0.2) is 0 Å². The minimum Gasteiger partial charge on any atom is -0.507 e. The number of benzene rings is 1. The van der Waals surface area contributed by atoms with E-state index in [1.54, 1.807) is 6.07 Å². The normalized spacial score (nSPS) is 11.5. The van der Waals surface area contributed by atoms with Gasteiger partial charge in [0, 0.05) is 9.99 Å². The van der Waals surface area contributed by atoms with E-state index in [9.17, 15) is 19.5 Å². The second kappa shape index (κ2) is 7.81. The summed E-state index contributed by atoms with van der Waals surface area (Å²) in [6.07, 6.45) is -0.232. The molecule has 21 heavy (non-hydrogen) atoms. The molecule has 1 amide bonds. The van der Waals surface area contributed by atoms with Gasteiger partial charge in [-0.05, 0) is 47.2 Å². The number of hydrogen-bond donors (Lipinski definition) is 3. The van der Waals surface area contributed by atoms with Crippen LogP contribution in [0.15, 0.2) is 18.2 Å². The zero-order valence-corrected chi connectivity index (χ0v) is 13.3. The van der Waals surface area contributed by atoms with Crippen molar-refractivity contribution in [2.45, 2.75) is 18.9 Å². The maximum atomic E-state index is 12.0. The summed E-state index contributed by atoms with van der Waals surface area (Å²) in [6, 6.07) is 3.15. The molecule has 0 aliphatic carbocycles.